The number of likely N-dealkylation sites (tertiary alicyclic amines) is 1. The molecule has 0 spiro atoms. The molecule has 2 atom stereocenters. The van der Waals surface area contributed by atoms with E-state index in [2.05, 4.69) is 10.6 Å². The van der Waals surface area contributed by atoms with E-state index in [1.54, 1.807) is 20.8 Å². The number of nitrogens with two attached hydrogens (primary N) is 1. The number of hydrogen-bond acceptors (Lipinski definition) is 5. The molecule has 4 N–H and O–H groups in total. The lowest BCUT2D eigenvalue weighted by Gasteiger charge is -2.29. The number of nitrogens with zero attached hydrogens (tertiary/aromatic N) is 1. The average Bonchev–Trinajstić information content (AvgIpc) is 2.99. The van der Waals surface area contributed by atoms with Gasteiger partial charge in [0.15, 0.2) is 0 Å². The van der Waals surface area contributed by atoms with Crippen molar-refractivity contribution < 1.29 is 23.9 Å². The van der Waals surface area contributed by atoms with E-state index in [0.29, 0.717) is 25.8 Å². The summed E-state index contributed by atoms with van der Waals surface area (Å²) in [4.78, 5) is 49.6. The Bertz CT molecular complexity index is 571. The van der Waals surface area contributed by atoms with Gasteiger partial charge in [-0.05, 0) is 46.0 Å². The van der Waals surface area contributed by atoms with Crippen molar-refractivity contribution in [1.29, 1.82) is 0 Å². The molecule has 0 unspecified atom stereocenters. The minimum Gasteiger partial charge on any atom is -0.444 e. The molecule has 1 aliphatic rings. The molecule has 4 amide bonds. The van der Waals surface area contributed by atoms with E-state index in [1.807, 2.05) is 13.8 Å². The maximum Gasteiger partial charge on any atom is 0.410 e. The molecule has 1 aliphatic heterocycles. The third-order valence-electron chi connectivity index (χ3n) is 3.96. The topological polar surface area (TPSA) is 131 Å². The molecule has 1 fully saturated rings. The Morgan fingerprint density at radius 1 is 1.22 bits per heavy atom. The first kappa shape index (κ1) is 22.7. The Balaban J connectivity index is 2.79. The van der Waals surface area contributed by atoms with Crippen LogP contribution in [0.3, 0.4) is 0 Å². The molecule has 1 heterocycles. The predicted octanol–water partition coefficient (Wildman–Crippen LogP) is 0.518. The van der Waals surface area contributed by atoms with Crippen molar-refractivity contribution in [3.8, 4) is 0 Å². The molecule has 1 saturated heterocycles. The molecule has 27 heavy (non-hydrogen) atoms. The third-order valence-corrected chi connectivity index (χ3v) is 3.96. The summed E-state index contributed by atoms with van der Waals surface area (Å²) in [7, 11) is 0. The van der Waals surface area contributed by atoms with E-state index < -0.39 is 41.5 Å². The number of rotatable bonds is 7. The molecule has 0 saturated carbocycles. The summed E-state index contributed by atoms with van der Waals surface area (Å²) in [6.07, 6.45) is 1.04. The normalized spacial score (nSPS) is 18.1. The van der Waals surface area contributed by atoms with Crippen molar-refractivity contribution in [3.63, 3.8) is 0 Å². The average molecular weight is 384 g/mol. The molecule has 154 valence electrons. The van der Waals surface area contributed by atoms with Crippen molar-refractivity contribution in [2.75, 3.05) is 13.1 Å². The number of nitrogens with one attached hydrogen (secondary N) is 2. The molecular formula is C18H32N4O5. The summed E-state index contributed by atoms with van der Waals surface area (Å²) in [5, 5.41) is 5.12. The Labute approximate surface area is 160 Å². The van der Waals surface area contributed by atoms with Crippen LogP contribution in [0.25, 0.3) is 0 Å². The van der Waals surface area contributed by atoms with Gasteiger partial charge in [-0.2, -0.15) is 0 Å². The van der Waals surface area contributed by atoms with Crippen LogP contribution in [-0.4, -0.2) is 59.5 Å². The lowest BCUT2D eigenvalue weighted by molar-refractivity contribution is -0.132. The van der Waals surface area contributed by atoms with Crippen LogP contribution in [0.5, 0.6) is 0 Å². The lowest BCUT2D eigenvalue weighted by atomic mass is 10.0. The Morgan fingerprint density at radius 3 is 2.37 bits per heavy atom. The van der Waals surface area contributed by atoms with Crippen LogP contribution < -0.4 is 16.4 Å². The van der Waals surface area contributed by atoms with Gasteiger partial charge < -0.3 is 21.1 Å². The van der Waals surface area contributed by atoms with Gasteiger partial charge in [0, 0.05) is 6.54 Å². The van der Waals surface area contributed by atoms with E-state index in [-0.39, 0.29) is 12.5 Å². The summed E-state index contributed by atoms with van der Waals surface area (Å²) in [6.45, 7) is 9.26. The fourth-order valence-corrected chi connectivity index (χ4v) is 2.85. The maximum atomic E-state index is 12.7. The van der Waals surface area contributed by atoms with E-state index in [0.717, 1.165) is 0 Å². The predicted molar refractivity (Wildman–Crippen MR) is 99.6 cm³/mol. The highest BCUT2D eigenvalue weighted by atomic mass is 16.6. The zero-order chi connectivity index (χ0) is 20.8. The zero-order valence-corrected chi connectivity index (χ0v) is 16.8. The van der Waals surface area contributed by atoms with Gasteiger partial charge in [-0.1, -0.05) is 13.8 Å². The molecule has 0 aromatic heterocycles. The zero-order valence-electron chi connectivity index (χ0n) is 16.8. The largest absolute Gasteiger partial charge is 0.444 e. The number of carbonyl (C=O) groups is 4. The van der Waals surface area contributed by atoms with E-state index >= 15 is 0 Å². The highest BCUT2D eigenvalue weighted by molar-refractivity contribution is 5.92. The van der Waals surface area contributed by atoms with Crippen LogP contribution in [0, 0.1) is 5.92 Å². The van der Waals surface area contributed by atoms with Gasteiger partial charge >= 0.3 is 6.09 Å². The van der Waals surface area contributed by atoms with Gasteiger partial charge in [0.05, 0.1) is 6.54 Å². The monoisotopic (exact) mass is 384 g/mol. The molecule has 9 nitrogen and oxygen atoms in total. The first-order valence-corrected chi connectivity index (χ1v) is 9.26. The number of amides is 4. The van der Waals surface area contributed by atoms with Crippen LogP contribution in [-0.2, 0) is 19.1 Å². The smallest absolute Gasteiger partial charge is 0.410 e. The molecule has 0 aromatic rings. The van der Waals surface area contributed by atoms with Gasteiger partial charge in [0.2, 0.25) is 17.7 Å². The standard InChI is InChI=1S/C18H32N4O5/c1-11(2)9-12(15(24)20-10-14(19)23)21-16(25)13-7-6-8-22(13)17(26)27-18(3,4)5/h11-13H,6-10H2,1-5H3,(H2,19,23)(H,20,24)(H,21,25)/t12-,13+/m1/s1. The summed E-state index contributed by atoms with van der Waals surface area (Å²) in [6, 6.07) is -1.49. The Kier molecular flexibility index (Phi) is 8.05. The Morgan fingerprint density at radius 2 is 1.85 bits per heavy atom. The number of primary amides is 1. The van der Waals surface area contributed by atoms with Crippen molar-refractivity contribution in [2.24, 2.45) is 11.7 Å². The quantitative estimate of drug-likeness (QED) is 0.589. The van der Waals surface area contributed by atoms with E-state index in [9.17, 15) is 19.2 Å². The second kappa shape index (κ2) is 9.57. The van der Waals surface area contributed by atoms with E-state index in [4.69, 9.17) is 10.5 Å². The summed E-state index contributed by atoms with van der Waals surface area (Å²) >= 11 is 0. The lowest BCUT2D eigenvalue weighted by Crippen LogP contribution is -2.54. The minimum atomic E-state index is -0.807. The molecule has 0 aromatic carbocycles. The van der Waals surface area contributed by atoms with Crippen LogP contribution >= 0.6 is 0 Å². The maximum absolute atomic E-state index is 12.7. The molecule has 0 bridgehead atoms. The summed E-state index contributed by atoms with van der Waals surface area (Å²) < 4.78 is 5.36. The van der Waals surface area contributed by atoms with Crippen LogP contribution in [0.4, 0.5) is 4.79 Å². The first-order chi connectivity index (χ1) is 12.4. The van der Waals surface area contributed by atoms with Crippen molar-refractivity contribution >= 4 is 23.8 Å². The van der Waals surface area contributed by atoms with Crippen molar-refractivity contribution in [3.05, 3.63) is 0 Å². The fraction of sp³-hybridized carbons (Fsp3) is 0.778. The summed E-state index contributed by atoms with van der Waals surface area (Å²) in [5.74, 6) is -1.40. The van der Waals surface area contributed by atoms with Crippen LogP contribution in [0.15, 0.2) is 0 Å². The number of hydrogen-bond donors (Lipinski definition) is 3. The molecule has 9 heteroatoms. The Hall–Kier alpha value is -2.32. The van der Waals surface area contributed by atoms with Gasteiger partial charge in [0.25, 0.3) is 0 Å². The second-order valence-corrected chi connectivity index (χ2v) is 8.21. The minimum absolute atomic E-state index is 0.139. The fourth-order valence-electron chi connectivity index (χ4n) is 2.85. The van der Waals surface area contributed by atoms with E-state index in [1.165, 1.54) is 4.90 Å². The van der Waals surface area contributed by atoms with Gasteiger partial charge in [-0.25, -0.2) is 4.79 Å². The SMILES string of the molecule is CC(C)C[C@@H](NC(=O)[C@@H]1CCCN1C(=O)OC(C)(C)C)C(=O)NCC(N)=O. The number of carbonyl (C=O) groups excluding carboxylic acids is 4. The molecular weight excluding hydrogens is 352 g/mol. The molecule has 0 radical (unpaired) electrons. The van der Waals surface area contributed by atoms with Crippen LogP contribution in [0.1, 0.15) is 53.9 Å². The van der Waals surface area contributed by atoms with Gasteiger partial charge in [0.1, 0.15) is 17.7 Å². The van der Waals surface area contributed by atoms with Crippen molar-refractivity contribution in [1.82, 2.24) is 15.5 Å². The molecule has 1 rings (SSSR count). The third kappa shape index (κ3) is 7.84. The first-order valence-electron chi connectivity index (χ1n) is 9.26. The molecule has 0 aliphatic carbocycles. The second-order valence-electron chi connectivity index (χ2n) is 8.21. The van der Waals surface area contributed by atoms with Crippen molar-refractivity contribution in [2.45, 2.75) is 71.6 Å². The van der Waals surface area contributed by atoms with Crippen LogP contribution in [0.2, 0.25) is 0 Å². The highest BCUT2D eigenvalue weighted by Gasteiger charge is 2.38. The number of ether oxygens (including phenoxy) is 1. The van der Waals surface area contributed by atoms with Gasteiger partial charge in [-0.3, -0.25) is 19.3 Å². The summed E-state index contributed by atoms with van der Waals surface area (Å²) in [5.41, 5.74) is 4.39. The highest BCUT2D eigenvalue weighted by Crippen LogP contribution is 2.21. The van der Waals surface area contributed by atoms with Gasteiger partial charge in [-0.15, -0.1) is 0 Å².